The van der Waals surface area contributed by atoms with Crippen LogP contribution >= 0.6 is 0 Å². The SMILES string of the molecule is COC(=O)[C@H](CN(C[C@H]1CCCO1)C(=O)OC(C)(C)C)NC(=O)OCc1ccccc1. The molecular formula is C22H32N2O7. The van der Waals surface area contributed by atoms with Crippen molar-refractivity contribution in [3.05, 3.63) is 35.9 Å². The van der Waals surface area contributed by atoms with E-state index >= 15 is 0 Å². The van der Waals surface area contributed by atoms with Crippen molar-refractivity contribution in [2.75, 3.05) is 26.8 Å². The number of esters is 1. The zero-order valence-corrected chi connectivity index (χ0v) is 18.6. The van der Waals surface area contributed by atoms with E-state index in [9.17, 15) is 14.4 Å². The maximum Gasteiger partial charge on any atom is 0.410 e. The summed E-state index contributed by atoms with van der Waals surface area (Å²) in [6, 6.07) is 8.03. The third-order valence-electron chi connectivity index (χ3n) is 4.49. The van der Waals surface area contributed by atoms with Gasteiger partial charge in [0.15, 0.2) is 0 Å². The van der Waals surface area contributed by atoms with E-state index in [1.165, 1.54) is 12.0 Å². The second kappa shape index (κ2) is 11.5. The molecular weight excluding hydrogens is 404 g/mol. The van der Waals surface area contributed by atoms with Crippen LogP contribution in [0.3, 0.4) is 0 Å². The lowest BCUT2D eigenvalue weighted by Crippen LogP contribution is -2.52. The number of ether oxygens (including phenoxy) is 4. The minimum absolute atomic E-state index is 0.0479. The number of nitrogens with one attached hydrogen (secondary N) is 1. The molecule has 1 aromatic carbocycles. The zero-order chi connectivity index (χ0) is 22.9. The van der Waals surface area contributed by atoms with Gasteiger partial charge in [0.1, 0.15) is 18.2 Å². The molecule has 1 N–H and O–H groups in total. The Labute approximate surface area is 183 Å². The van der Waals surface area contributed by atoms with E-state index < -0.39 is 29.8 Å². The summed E-state index contributed by atoms with van der Waals surface area (Å²) in [6.07, 6.45) is 0.152. The van der Waals surface area contributed by atoms with Gasteiger partial charge >= 0.3 is 18.2 Å². The molecule has 1 saturated heterocycles. The number of nitrogens with zero attached hydrogens (tertiary/aromatic N) is 1. The summed E-state index contributed by atoms with van der Waals surface area (Å²) in [5.74, 6) is -0.697. The predicted octanol–water partition coefficient (Wildman–Crippen LogP) is 2.87. The second-order valence-electron chi connectivity index (χ2n) is 8.30. The minimum Gasteiger partial charge on any atom is -0.467 e. The standard InChI is InChI=1S/C22H32N2O7/c1-22(2,3)31-21(27)24(13-17-11-8-12-29-17)14-18(19(25)28-4)23-20(26)30-15-16-9-6-5-7-10-16/h5-7,9-10,17-18H,8,11-15H2,1-4H3,(H,23,26)/t17-,18+/m1/s1. The van der Waals surface area contributed by atoms with Crippen molar-refractivity contribution < 1.29 is 33.3 Å². The number of methoxy groups -OCH3 is 1. The Morgan fingerprint density at radius 3 is 2.52 bits per heavy atom. The molecule has 0 bridgehead atoms. The Morgan fingerprint density at radius 2 is 1.94 bits per heavy atom. The second-order valence-corrected chi connectivity index (χ2v) is 8.30. The first-order valence-electron chi connectivity index (χ1n) is 10.3. The van der Waals surface area contributed by atoms with Gasteiger partial charge in [-0.1, -0.05) is 30.3 Å². The van der Waals surface area contributed by atoms with Crippen molar-refractivity contribution in [1.29, 1.82) is 0 Å². The van der Waals surface area contributed by atoms with Crippen LogP contribution in [0.4, 0.5) is 9.59 Å². The van der Waals surface area contributed by atoms with Crippen molar-refractivity contribution in [2.45, 2.75) is 58.0 Å². The normalized spacial score (nSPS) is 16.8. The van der Waals surface area contributed by atoms with Crippen molar-refractivity contribution in [2.24, 2.45) is 0 Å². The van der Waals surface area contributed by atoms with Crippen LogP contribution in [0.2, 0.25) is 0 Å². The van der Waals surface area contributed by atoms with Gasteiger partial charge in [0.2, 0.25) is 0 Å². The van der Waals surface area contributed by atoms with Gasteiger partial charge in [-0.15, -0.1) is 0 Å². The predicted molar refractivity (Wildman–Crippen MR) is 112 cm³/mol. The number of carbonyl (C=O) groups excluding carboxylic acids is 3. The smallest absolute Gasteiger partial charge is 0.410 e. The van der Waals surface area contributed by atoms with Crippen molar-refractivity contribution >= 4 is 18.2 Å². The molecule has 0 unspecified atom stereocenters. The summed E-state index contributed by atoms with van der Waals surface area (Å²) in [4.78, 5) is 38.7. The largest absolute Gasteiger partial charge is 0.467 e. The molecule has 0 spiro atoms. The van der Waals surface area contributed by atoms with E-state index in [1.807, 2.05) is 30.3 Å². The van der Waals surface area contributed by atoms with Crippen LogP contribution in [0.1, 0.15) is 39.2 Å². The fourth-order valence-electron chi connectivity index (χ4n) is 3.03. The van der Waals surface area contributed by atoms with Gasteiger partial charge in [0.05, 0.1) is 26.3 Å². The molecule has 1 aromatic rings. The Balaban J connectivity index is 2.04. The van der Waals surface area contributed by atoms with Gasteiger partial charge in [-0.05, 0) is 39.2 Å². The van der Waals surface area contributed by atoms with Gasteiger partial charge < -0.3 is 29.2 Å². The Bertz CT molecular complexity index is 727. The van der Waals surface area contributed by atoms with Crippen LogP contribution in [0, 0.1) is 0 Å². The topological polar surface area (TPSA) is 103 Å². The fraction of sp³-hybridized carbons (Fsp3) is 0.591. The molecule has 2 atom stereocenters. The average molecular weight is 437 g/mol. The summed E-state index contributed by atoms with van der Waals surface area (Å²) in [6.45, 7) is 6.04. The molecule has 2 rings (SSSR count). The molecule has 172 valence electrons. The highest BCUT2D eigenvalue weighted by Crippen LogP contribution is 2.16. The summed E-state index contributed by atoms with van der Waals surface area (Å²) < 4.78 is 21.1. The van der Waals surface area contributed by atoms with E-state index in [0.717, 1.165) is 18.4 Å². The van der Waals surface area contributed by atoms with Crippen LogP contribution in [-0.2, 0) is 30.3 Å². The number of hydrogen-bond acceptors (Lipinski definition) is 7. The summed E-state index contributed by atoms with van der Waals surface area (Å²) in [7, 11) is 1.21. The van der Waals surface area contributed by atoms with Crippen molar-refractivity contribution in [3.63, 3.8) is 0 Å². The molecule has 1 heterocycles. The van der Waals surface area contributed by atoms with Gasteiger partial charge in [0, 0.05) is 6.61 Å². The van der Waals surface area contributed by atoms with E-state index in [1.54, 1.807) is 20.8 Å². The first-order valence-corrected chi connectivity index (χ1v) is 10.3. The van der Waals surface area contributed by atoms with Crippen molar-refractivity contribution in [3.8, 4) is 0 Å². The highest BCUT2D eigenvalue weighted by molar-refractivity contribution is 5.82. The summed E-state index contributed by atoms with van der Waals surface area (Å²) in [5, 5.41) is 2.49. The molecule has 2 amide bonds. The van der Waals surface area contributed by atoms with E-state index in [4.69, 9.17) is 18.9 Å². The molecule has 0 aromatic heterocycles. The van der Waals surface area contributed by atoms with E-state index in [2.05, 4.69) is 5.32 Å². The number of benzene rings is 1. The van der Waals surface area contributed by atoms with Crippen LogP contribution in [0.25, 0.3) is 0 Å². The molecule has 1 fully saturated rings. The number of hydrogen-bond donors (Lipinski definition) is 1. The number of amides is 2. The maximum absolute atomic E-state index is 12.7. The highest BCUT2D eigenvalue weighted by atomic mass is 16.6. The first-order chi connectivity index (χ1) is 14.7. The molecule has 9 heteroatoms. The number of alkyl carbamates (subject to hydrolysis) is 1. The third kappa shape index (κ3) is 8.84. The molecule has 1 aliphatic heterocycles. The molecule has 9 nitrogen and oxygen atoms in total. The Morgan fingerprint density at radius 1 is 1.23 bits per heavy atom. The van der Waals surface area contributed by atoms with Crippen LogP contribution in [0.15, 0.2) is 30.3 Å². The summed E-state index contributed by atoms with van der Waals surface area (Å²) >= 11 is 0. The average Bonchev–Trinajstić information content (AvgIpc) is 3.23. The van der Waals surface area contributed by atoms with Crippen LogP contribution < -0.4 is 5.32 Å². The zero-order valence-electron chi connectivity index (χ0n) is 18.6. The first kappa shape index (κ1) is 24.5. The third-order valence-corrected chi connectivity index (χ3v) is 4.49. The lowest BCUT2D eigenvalue weighted by molar-refractivity contribution is -0.143. The lowest BCUT2D eigenvalue weighted by atomic mass is 10.2. The van der Waals surface area contributed by atoms with Gasteiger partial charge in [-0.25, -0.2) is 14.4 Å². The summed E-state index contributed by atoms with van der Waals surface area (Å²) in [5.41, 5.74) is 0.0929. The van der Waals surface area contributed by atoms with Crippen LogP contribution in [-0.4, -0.2) is 67.6 Å². The molecule has 1 aliphatic rings. The molecule has 0 aliphatic carbocycles. The Hall–Kier alpha value is -2.81. The molecule has 0 saturated carbocycles. The molecule has 0 radical (unpaired) electrons. The van der Waals surface area contributed by atoms with E-state index in [0.29, 0.717) is 6.61 Å². The van der Waals surface area contributed by atoms with Crippen LogP contribution in [0.5, 0.6) is 0 Å². The minimum atomic E-state index is -1.12. The Kier molecular flexibility index (Phi) is 9.11. The monoisotopic (exact) mass is 436 g/mol. The van der Waals surface area contributed by atoms with Crippen molar-refractivity contribution in [1.82, 2.24) is 10.2 Å². The highest BCUT2D eigenvalue weighted by Gasteiger charge is 2.32. The quantitative estimate of drug-likeness (QED) is 0.494. The van der Waals surface area contributed by atoms with Gasteiger partial charge in [0.25, 0.3) is 0 Å². The molecule has 31 heavy (non-hydrogen) atoms. The van der Waals surface area contributed by atoms with Gasteiger partial charge in [-0.3, -0.25) is 0 Å². The lowest BCUT2D eigenvalue weighted by Gasteiger charge is -2.31. The van der Waals surface area contributed by atoms with Gasteiger partial charge in [-0.2, -0.15) is 0 Å². The fourth-order valence-corrected chi connectivity index (χ4v) is 3.03. The number of carbonyl (C=O) groups is 3. The van der Waals surface area contributed by atoms with E-state index in [-0.39, 0.29) is 25.8 Å². The number of rotatable bonds is 8. The maximum atomic E-state index is 12.7.